The number of nitrogens with one attached hydrogen (secondary N) is 1. The van der Waals surface area contributed by atoms with E-state index in [4.69, 9.17) is 5.26 Å². The summed E-state index contributed by atoms with van der Waals surface area (Å²) in [6.45, 7) is 5.41. The summed E-state index contributed by atoms with van der Waals surface area (Å²) < 4.78 is 0. The molecule has 2 heterocycles. The first kappa shape index (κ1) is 13.2. The first-order valence-corrected chi connectivity index (χ1v) is 6.07. The van der Waals surface area contributed by atoms with Gasteiger partial charge in [0.2, 0.25) is 5.82 Å². The maximum Gasteiger partial charge on any atom is 0.312 e. The average molecular weight is 261 g/mol. The molecule has 1 aromatic heterocycles. The monoisotopic (exact) mass is 261 g/mol. The number of hydrogen-bond donors (Lipinski definition) is 1. The Morgan fingerprint density at radius 2 is 2.37 bits per heavy atom. The molecule has 1 aliphatic heterocycles. The lowest BCUT2D eigenvalue weighted by Gasteiger charge is -2.37. The van der Waals surface area contributed by atoms with Crippen LogP contribution in [0.1, 0.15) is 19.4 Å². The fourth-order valence-electron chi connectivity index (χ4n) is 2.18. The molecule has 2 atom stereocenters. The molecule has 0 amide bonds. The third kappa shape index (κ3) is 2.63. The Labute approximate surface area is 111 Å². The first-order valence-electron chi connectivity index (χ1n) is 6.07. The van der Waals surface area contributed by atoms with Gasteiger partial charge in [0.15, 0.2) is 0 Å². The SMILES string of the molecule is CC1CN(c2ncc(C#N)cc2[N+](=O)[O-])C(C)CN1. The standard InChI is InChI=1S/C12H15N5O2/c1-8-7-16(9(2)5-14-8)12-11(17(18)19)3-10(4-13)6-15-12/h3,6,8-9,14H,5,7H2,1-2H3. The van der Waals surface area contributed by atoms with E-state index >= 15 is 0 Å². The summed E-state index contributed by atoms with van der Waals surface area (Å²) in [6, 6.07) is 3.52. The first-order chi connectivity index (χ1) is 9.02. The summed E-state index contributed by atoms with van der Waals surface area (Å²) in [7, 11) is 0. The number of piperazine rings is 1. The third-order valence-corrected chi connectivity index (χ3v) is 3.21. The third-order valence-electron chi connectivity index (χ3n) is 3.21. The molecule has 0 spiro atoms. The molecule has 0 aliphatic carbocycles. The number of nitriles is 1. The van der Waals surface area contributed by atoms with Gasteiger partial charge >= 0.3 is 5.69 Å². The van der Waals surface area contributed by atoms with Crippen LogP contribution in [0.4, 0.5) is 11.5 Å². The number of hydrogen-bond acceptors (Lipinski definition) is 6. The van der Waals surface area contributed by atoms with Gasteiger partial charge in [0, 0.05) is 37.4 Å². The van der Waals surface area contributed by atoms with Crippen LogP contribution in [0.25, 0.3) is 0 Å². The predicted octanol–water partition coefficient (Wildman–Crippen LogP) is 1.05. The van der Waals surface area contributed by atoms with Crippen molar-refractivity contribution in [2.24, 2.45) is 0 Å². The quantitative estimate of drug-likeness (QED) is 0.631. The van der Waals surface area contributed by atoms with Crippen molar-refractivity contribution < 1.29 is 4.92 Å². The highest BCUT2D eigenvalue weighted by Gasteiger charge is 2.29. The van der Waals surface area contributed by atoms with Crippen LogP contribution in [0.5, 0.6) is 0 Å². The second-order valence-electron chi connectivity index (χ2n) is 4.75. The lowest BCUT2D eigenvalue weighted by atomic mass is 10.1. The van der Waals surface area contributed by atoms with E-state index in [1.807, 2.05) is 24.8 Å². The largest absolute Gasteiger partial charge is 0.345 e. The highest BCUT2D eigenvalue weighted by atomic mass is 16.6. The van der Waals surface area contributed by atoms with Gasteiger partial charge in [-0.15, -0.1) is 0 Å². The van der Waals surface area contributed by atoms with Gasteiger partial charge < -0.3 is 10.2 Å². The molecule has 0 bridgehead atoms. The van der Waals surface area contributed by atoms with Crippen LogP contribution in [0, 0.1) is 21.4 Å². The molecule has 0 saturated carbocycles. The van der Waals surface area contributed by atoms with Crippen LogP contribution < -0.4 is 10.2 Å². The van der Waals surface area contributed by atoms with E-state index in [2.05, 4.69) is 10.3 Å². The van der Waals surface area contributed by atoms with E-state index in [0.29, 0.717) is 12.4 Å². The van der Waals surface area contributed by atoms with E-state index in [0.717, 1.165) is 6.54 Å². The Hall–Kier alpha value is -2.20. The number of anilines is 1. The molecule has 1 saturated heterocycles. The van der Waals surface area contributed by atoms with Crippen molar-refractivity contribution in [1.82, 2.24) is 10.3 Å². The summed E-state index contributed by atoms with van der Waals surface area (Å²) in [5.41, 5.74) is 0.0892. The molecule has 0 aromatic carbocycles. The van der Waals surface area contributed by atoms with Crippen LogP contribution in [0.2, 0.25) is 0 Å². The second-order valence-corrected chi connectivity index (χ2v) is 4.75. The normalized spacial score (nSPS) is 22.9. The van der Waals surface area contributed by atoms with Crippen molar-refractivity contribution in [1.29, 1.82) is 5.26 Å². The van der Waals surface area contributed by atoms with Crippen LogP contribution in [-0.2, 0) is 0 Å². The molecule has 2 rings (SSSR count). The Morgan fingerprint density at radius 1 is 1.63 bits per heavy atom. The van der Waals surface area contributed by atoms with Crippen LogP contribution in [0.3, 0.4) is 0 Å². The van der Waals surface area contributed by atoms with Gasteiger partial charge in [0.05, 0.1) is 10.5 Å². The minimum Gasteiger partial charge on any atom is -0.345 e. The van der Waals surface area contributed by atoms with Crippen molar-refractivity contribution in [3.8, 4) is 6.07 Å². The molecule has 19 heavy (non-hydrogen) atoms. The zero-order valence-electron chi connectivity index (χ0n) is 10.8. The molecule has 1 fully saturated rings. The van der Waals surface area contributed by atoms with E-state index in [1.165, 1.54) is 12.3 Å². The number of rotatable bonds is 2. The topological polar surface area (TPSA) is 95.1 Å². The molecule has 7 nitrogen and oxygen atoms in total. The summed E-state index contributed by atoms with van der Waals surface area (Å²) in [4.78, 5) is 16.7. The van der Waals surface area contributed by atoms with Crippen molar-refractivity contribution in [3.05, 3.63) is 27.9 Å². The molecule has 7 heteroatoms. The maximum absolute atomic E-state index is 11.1. The maximum atomic E-state index is 11.1. The summed E-state index contributed by atoms with van der Waals surface area (Å²) in [5, 5.41) is 23.2. The molecule has 1 aliphatic rings. The Kier molecular flexibility index (Phi) is 3.62. The zero-order chi connectivity index (χ0) is 14.0. The van der Waals surface area contributed by atoms with Crippen LogP contribution in [0.15, 0.2) is 12.3 Å². The highest BCUT2D eigenvalue weighted by Crippen LogP contribution is 2.28. The van der Waals surface area contributed by atoms with Crippen LogP contribution >= 0.6 is 0 Å². The van der Waals surface area contributed by atoms with Gasteiger partial charge in [-0.3, -0.25) is 10.1 Å². The highest BCUT2D eigenvalue weighted by molar-refractivity contribution is 5.61. The van der Waals surface area contributed by atoms with E-state index < -0.39 is 4.92 Å². The Balaban J connectivity index is 2.43. The number of pyridine rings is 1. The number of nitro groups is 1. The van der Waals surface area contributed by atoms with Crippen molar-refractivity contribution in [2.75, 3.05) is 18.0 Å². The summed E-state index contributed by atoms with van der Waals surface area (Å²) in [5.74, 6) is 0.338. The van der Waals surface area contributed by atoms with Crippen molar-refractivity contribution in [3.63, 3.8) is 0 Å². The summed E-state index contributed by atoms with van der Waals surface area (Å²) in [6.07, 6.45) is 1.38. The van der Waals surface area contributed by atoms with Gasteiger partial charge in [-0.1, -0.05) is 0 Å². The minimum atomic E-state index is -0.484. The average Bonchev–Trinajstić information content (AvgIpc) is 2.40. The van der Waals surface area contributed by atoms with Crippen LogP contribution in [-0.4, -0.2) is 35.1 Å². The lowest BCUT2D eigenvalue weighted by Crippen LogP contribution is -2.54. The molecule has 2 unspecified atom stereocenters. The Bertz CT molecular complexity index is 539. The zero-order valence-corrected chi connectivity index (χ0v) is 10.8. The van der Waals surface area contributed by atoms with E-state index in [-0.39, 0.29) is 23.3 Å². The second kappa shape index (κ2) is 5.20. The predicted molar refractivity (Wildman–Crippen MR) is 69.9 cm³/mol. The van der Waals surface area contributed by atoms with Gasteiger partial charge in [0.25, 0.3) is 0 Å². The molecule has 1 N–H and O–H groups in total. The molecule has 100 valence electrons. The van der Waals surface area contributed by atoms with E-state index in [1.54, 1.807) is 0 Å². The van der Waals surface area contributed by atoms with Crippen molar-refractivity contribution in [2.45, 2.75) is 25.9 Å². The summed E-state index contributed by atoms with van der Waals surface area (Å²) >= 11 is 0. The number of nitrogens with zero attached hydrogens (tertiary/aromatic N) is 4. The Morgan fingerprint density at radius 3 is 3.00 bits per heavy atom. The van der Waals surface area contributed by atoms with Gasteiger partial charge in [0.1, 0.15) is 6.07 Å². The van der Waals surface area contributed by atoms with E-state index in [9.17, 15) is 10.1 Å². The van der Waals surface area contributed by atoms with Gasteiger partial charge in [-0.05, 0) is 13.8 Å². The van der Waals surface area contributed by atoms with Gasteiger partial charge in [-0.25, -0.2) is 4.98 Å². The lowest BCUT2D eigenvalue weighted by molar-refractivity contribution is -0.384. The molecule has 0 radical (unpaired) electrons. The fourth-order valence-corrected chi connectivity index (χ4v) is 2.18. The molecular formula is C12H15N5O2. The fraction of sp³-hybridized carbons (Fsp3) is 0.500. The molecular weight excluding hydrogens is 246 g/mol. The van der Waals surface area contributed by atoms with Crippen molar-refractivity contribution >= 4 is 11.5 Å². The minimum absolute atomic E-state index is 0.111. The smallest absolute Gasteiger partial charge is 0.312 e. The van der Waals surface area contributed by atoms with Gasteiger partial charge in [-0.2, -0.15) is 5.26 Å². The molecule has 1 aromatic rings. The number of aromatic nitrogens is 1.